The van der Waals surface area contributed by atoms with Gasteiger partial charge in [0.15, 0.2) is 11.2 Å². The lowest BCUT2D eigenvalue weighted by Crippen LogP contribution is -2.10. The normalized spacial score (nSPS) is 11.9. The van der Waals surface area contributed by atoms with E-state index >= 15 is 0 Å². The second-order valence-electron chi connectivity index (χ2n) is 4.09. The average molecular weight is 280 g/mol. The highest BCUT2D eigenvalue weighted by atomic mass is 19.4. The van der Waals surface area contributed by atoms with Gasteiger partial charge in [0.1, 0.15) is 5.82 Å². The molecule has 0 aliphatic heterocycles. The van der Waals surface area contributed by atoms with E-state index in [0.717, 1.165) is 12.1 Å². The third-order valence-electron chi connectivity index (χ3n) is 2.76. The summed E-state index contributed by atoms with van der Waals surface area (Å²) in [6.45, 7) is 0. The first-order chi connectivity index (χ1) is 9.45. The van der Waals surface area contributed by atoms with Gasteiger partial charge in [0.25, 0.3) is 5.56 Å². The largest absolute Gasteiger partial charge is 0.416 e. The molecule has 0 aliphatic carbocycles. The molecular weight excluding hydrogens is 273 g/mol. The Morgan fingerprint density at radius 1 is 1.20 bits per heavy atom. The third-order valence-corrected chi connectivity index (χ3v) is 2.76. The Hall–Kier alpha value is -2.64. The number of benzene rings is 1. The molecule has 2 heterocycles. The molecule has 2 aromatic heterocycles. The molecule has 0 amide bonds. The Morgan fingerprint density at radius 3 is 2.75 bits per heavy atom. The number of imidazole rings is 1. The maximum Gasteiger partial charge on any atom is 0.416 e. The van der Waals surface area contributed by atoms with E-state index in [0.29, 0.717) is 0 Å². The van der Waals surface area contributed by atoms with Crippen LogP contribution >= 0.6 is 0 Å². The van der Waals surface area contributed by atoms with E-state index in [1.807, 2.05) is 0 Å². The van der Waals surface area contributed by atoms with Crippen molar-refractivity contribution in [3.05, 3.63) is 46.5 Å². The summed E-state index contributed by atoms with van der Waals surface area (Å²) in [5.41, 5.74) is -0.789. The van der Waals surface area contributed by atoms with Gasteiger partial charge in [-0.3, -0.25) is 4.79 Å². The van der Waals surface area contributed by atoms with Crippen molar-refractivity contribution in [2.24, 2.45) is 0 Å². The van der Waals surface area contributed by atoms with Gasteiger partial charge in [0.05, 0.1) is 11.9 Å². The number of fused-ring (bicyclic) bond motifs is 1. The van der Waals surface area contributed by atoms with Crippen molar-refractivity contribution >= 4 is 11.2 Å². The van der Waals surface area contributed by atoms with Crippen LogP contribution in [-0.2, 0) is 6.18 Å². The van der Waals surface area contributed by atoms with Crippen LogP contribution < -0.4 is 5.56 Å². The quantitative estimate of drug-likeness (QED) is 0.718. The average Bonchev–Trinajstić information content (AvgIpc) is 2.87. The van der Waals surface area contributed by atoms with Crippen LogP contribution in [0.2, 0.25) is 0 Å². The third kappa shape index (κ3) is 2.04. The van der Waals surface area contributed by atoms with E-state index < -0.39 is 17.3 Å². The molecule has 0 bridgehead atoms. The summed E-state index contributed by atoms with van der Waals surface area (Å²) < 4.78 is 38.0. The summed E-state index contributed by atoms with van der Waals surface area (Å²) in [7, 11) is 0. The van der Waals surface area contributed by atoms with Crippen LogP contribution in [-0.4, -0.2) is 19.9 Å². The van der Waals surface area contributed by atoms with Crippen molar-refractivity contribution < 1.29 is 13.2 Å². The van der Waals surface area contributed by atoms with Gasteiger partial charge >= 0.3 is 6.18 Å². The summed E-state index contributed by atoms with van der Waals surface area (Å²) in [5, 5.41) is 0. The smallest absolute Gasteiger partial charge is 0.339 e. The van der Waals surface area contributed by atoms with E-state index in [4.69, 9.17) is 0 Å². The molecule has 1 aromatic carbocycles. The van der Waals surface area contributed by atoms with E-state index in [2.05, 4.69) is 19.9 Å². The topological polar surface area (TPSA) is 74.4 Å². The number of aromatic amines is 2. The molecule has 0 saturated heterocycles. The number of aromatic nitrogens is 4. The van der Waals surface area contributed by atoms with Gasteiger partial charge in [-0.2, -0.15) is 13.2 Å². The Kier molecular flexibility index (Phi) is 2.60. The minimum absolute atomic E-state index is 0.0423. The zero-order valence-electron chi connectivity index (χ0n) is 9.82. The van der Waals surface area contributed by atoms with Gasteiger partial charge in [0, 0.05) is 5.56 Å². The minimum Gasteiger partial charge on any atom is -0.339 e. The summed E-state index contributed by atoms with van der Waals surface area (Å²) in [5.74, 6) is 0.0423. The van der Waals surface area contributed by atoms with Crippen LogP contribution in [0.15, 0.2) is 35.4 Å². The molecule has 0 spiro atoms. The van der Waals surface area contributed by atoms with E-state index in [1.165, 1.54) is 18.5 Å². The molecule has 0 radical (unpaired) electrons. The molecule has 8 heteroatoms. The Bertz CT molecular complexity index is 834. The first kappa shape index (κ1) is 12.4. The van der Waals surface area contributed by atoms with Gasteiger partial charge < -0.3 is 9.97 Å². The van der Waals surface area contributed by atoms with Crippen molar-refractivity contribution in [2.45, 2.75) is 6.18 Å². The summed E-state index contributed by atoms with van der Waals surface area (Å²) in [6.07, 6.45) is -3.16. The molecule has 3 rings (SSSR count). The number of H-pyrrole nitrogens is 2. The molecule has 0 fully saturated rings. The number of alkyl halides is 3. The highest BCUT2D eigenvalue weighted by Gasteiger charge is 2.30. The van der Waals surface area contributed by atoms with Gasteiger partial charge in [-0.15, -0.1) is 0 Å². The van der Waals surface area contributed by atoms with Crippen LogP contribution in [0.1, 0.15) is 5.56 Å². The van der Waals surface area contributed by atoms with Crippen molar-refractivity contribution in [3.63, 3.8) is 0 Å². The standard InChI is InChI=1S/C12H7F3N4O/c13-12(14,15)7-3-1-2-6(4-7)9-18-10-8(11(20)19-9)16-5-17-10/h1-5H,(H2,16,17,18,19,20). The number of hydrogen-bond donors (Lipinski definition) is 2. The van der Waals surface area contributed by atoms with E-state index in [9.17, 15) is 18.0 Å². The Balaban J connectivity index is 2.18. The van der Waals surface area contributed by atoms with Gasteiger partial charge in [-0.05, 0) is 12.1 Å². The van der Waals surface area contributed by atoms with Gasteiger partial charge in [-0.25, -0.2) is 9.97 Å². The van der Waals surface area contributed by atoms with Crippen molar-refractivity contribution in [3.8, 4) is 11.4 Å². The van der Waals surface area contributed by atoms with Crippen LogP contribution in [0.4, 0.5) is 13.2 Å². The molecule has 102 valence electrons. The maximum atomic E-state index is 12.7. The molecule has 0 saturated carbocycles. The first-order valence-corrected chi connectivity index (χ1v) is 5.56. The molecule has 5 nitrogen and oxygen atoms in total. The monoisotopic (exact) mass is 280 g/mol. The van der Waals surface area contributed by atoms with Gasteiger partial charge in [0.2, 0.25) is 0 Å². The van der Waals surface area contributed by atoms with Crippen molar-refractivity contribution in [1.29, 1.82) is 0 Å². The molecule has 3 aromatic rings. The van der Waals surface area contributed by atoms with Crippen LogP contribution in [0.3, 0.4) is 0 Å². The Labute approximate surface area is 109 Å². The lowest BCUT2D eigenvalue weighted by atomic mass is 10.1. The Morgan fingerprint density at radius 2 is 2.00 bits per heavy atom. The van der Waals surface area contributed by atoms with Gasteiger partial charge in [-0.1, -0.05) is 12.1 Å². The highest BCUT2D eigenvalue weighted by Crippen LogP contribution is 2.31. The number of nitrogens with zero attached hydrogens (tertiary/aromatic N) is 2. The molecule has 2 N–H and O–H groups in total. The summed E-state index contributed by atoms with van der Waals surface area (Å²) in [4.78, 5) is 24.6. The van der Waals surface area contributed by atoms with Crippen LogP contribution in [0, 0.1) is 0 Å². The molecule has 0 unspecified atom stereocenters. The molecular formula is C12H7F3N4O. The lowest BCUT2D eigenvalue weighted by Gasteiger charge is -2.08. The zero-order valence-corrected chi connectivity index (χ0v) is 9.82. The fourth-order valence-electron chi connectivity index (χ4n) is 1.82. The number of hydrogen-bond acceptors (Lipinski definition) is 3. The fraction of sp³-hybridized carbons (Fsp3) is 0.0833. The minimum atomic E-state index is -4.45. The second kappa shape index (κ2) is 4.19. The fourth-order valence-corrected chi connectivity index (χ4v) is 1.82. The summed E-state index contributed by atoms with van der Waals surface area (Å²) >= 11 is 0. The predicted octanol–water partition coefficient (Wildman–Crippen LogP) is 2.33. The van der Waals surface area contributed by atoms with E-state index in [1.54, 1.807) is 0 Å². The van der Waals surface area contributed by atoms with Crippen molar-refractivity contribution in [1.82, 2.24) is 19.9 Å². The maximum absolute atomic E-state index is 12.7. The zero-order chi connectivity index (χ0) is 14.3. The molecule has 0 atom stereocenters. The van der Waals surface area contributed by atoms with E-state index in [-0.39, 0.29) is 22.6 Å². The van der Waals surface area contributed by atoms with Crippen LogP contribution in [0.5, 0.6) is 0 Å². The summed E-state index contributed by atoms with van der Waals surface area (Å²) in [6, 6.07) is 4.57. The predicted molar refractivity (Wildman–Crippen MR) is 64.9 cm³/mol. The SMILES string of the molecule is O=c1[nH]c(-c2cccc(C(F)(F)F)c2)nc2nc[nH]c12. The number of halogens is 3. The second-order valence-corrected chi connectivity index (χ2v) is 4.09. The number of rotatable bonds is 1. The molecule has 20 heavy (non-hydrogen) atoms. The van der Waals surface area contributed by atoms with Crippen molar-refractivity contribution in [2.75, 3.05) is 0 Å². The lowest BCUT2D eigenvalue weighted by molar-refractivity contribution is -0.137. The first-order valence-electron chi connectivity index (χ1n) is 5.56. The molecule has 0 aliphatic rings. The number of nitrogens with one attached hydrogen (secondary N) is 2. The van der Waals surface area contributed by atoms with Crippen LogP contribution in [0.25, 0.3) is 22.6 Å². The highest BCUT2D eigenvalue weighted by molar-refractivity contribution is 5.71.